The molecule has 1 N–H and O–H groups in total. The van der Waals surface area contributed by atoms with Crippen molar-refractivity contribution in [3.05, 3.63) is 88.4 Å². The molecular weight excluding hydrogens is 574 g/mol. The second-order valence-electron chi connectivity index (χ2n) is 10.7. The molecular formula is C32H38ClN3O5S. The van der Waals surface area contributed by atoms with Gasteiger partial charge in [-0.05, 0) is 81.1 Å². The van der Waals surface area contributed by atoms with E-state index in [2.05, 4.69) is 5.32 Å². The van der Waals surface area contributed by atoms with Crippen LogP contribution in [0.3, 0.4) is 0 Å². The van der Waals surface area contributed by atoms with Gasteiger partial charge in [0.15, 0.2) is 0 Å². The number of aryl methyl sites for hydroxylation is 1. The summed E-state index contributed by atoms with van der Waals surface area (Å²) in [7, 11) is -2.60. The molecule has 0 spiro atoms. The first-order chi connectivity index (χ1) is 20.0. The third kappa shape index (κ3) is 7.25. The molecule has 0 heterocycles. The minimum absolute atomic E-state index is 0.0500. The lowest BCUT2D eigenvalue weighted by molar-refractivity contribution is -0.139. The number of methoxy groups -OCH3 is 1. The number of carbonyl (C=O) groups is 2. The maximum Gasteiger partial charge on any atom is 0.264 e. The predicted octanol–water partition coefficient (Wildman–Crippen LogP) is 5.64. The van der Waals surface area contributed by atoms with E-state index in [4.69, 9.17) is 16.3 Å². The molecule has 0 aromatic heterocycles. The lowest BCUT2D eigenvalue weighted by atomic mass is 10.1. The molecule has 3 aromatic carbocycles. The van der Waals surface area contributed by atoms with Gasteiger partial charge in [-0.15, -0.1) is 0 Å². The van der Waals surface area contributed by atoms with Gasteiger partial charge in [0.05, 0.1) is 17.7 Å². The van der Waals surface area contributed by atoms with Crippen LogP contribution in [0.5, 0.6) is 5.75 Å². The van der Waals surface area contributed by atoms with Crippen molar-refractivity contribution in [2.45, 2.75) is 70.0 Å². The smallest absolute Gasteiger partial charge is 0.264 e. The number of benzene rings is 3. The molecule has 2 amide bonds. The van der Waals surface area contributed by atoms with Crippen molar-refractivity contribution in [3.63, 3.8) is 0 Å². The number of halogens is 1. The fourth-order valence-electron chi connectivity index (χ4n) is 5.12. The summed E-state index contributed by atoms with van der Waals surface area (Å²) in [5.74, 6) is -0.124. The van der Waals surface area contributed by atoms with Crippen molar-refractivity contribution < 1.29 is 22.7 Å². The molecule has 1 atom stereocenters. The molecule has 0 aliphatic heterocycles. The average Bonchev–Trinajstić information content (AvgIpc) is 3.49. The lowest BCUT2D eigenvalue weighted by Crippen LogP contribution is -2.52. The summed E-state index contributed by atoms with van der Waals surface area (Å²) in [6.07, 6.45) is 3.92. The molecule has 4 rings (SSSR count). The number of hydrogen-bond donors (Lipinski definition) is 1. The Morgan fingerprint density at radius 2 is 1.64 bits per heavy atom. The Hall–Kier alpha value is -3.56. The Morgan fingerprint density at radius 1 is 1.00 bits per heavy atom. The maximum atomic E-state index is 14.1. The monoisotopic (exact) mass is 611 g/mol. The largest absolute Gasteiger partial charge is 0.497 e. The molecule has 1 aliphatic rings. The zero-order chi connectivity index (χ0) is 30.4. The third-order valence-electron chi connectivity index (χ3n) is 7.78. The Bertz CT molecular complexity index is 1500. The highest BCUT2D eigenvalue weighted by molar-refractivity contribution is 7.92. The minimum atomic E-state index is -4.18. The summed E-state index contributed by atoms with van der Waals surface area (Å²) < 4.78 is 34.4. The summed E-state index contributed by atoms with van der Waals surface area (Å²) in [5, 5.41) is 3.46. The SMILES string of the molecule is COc1ccc(CN(C(=O)CN(c2cccc(Cl)c2C)S(=O)(=O)c2ccc(C)cc2)[C@@H](C)C(=O)NC2CCCC2)cc1. The van der Waals surface area contributed by atoms with E-state index >= 15 is 0 Å². The van der Waals surface area contributed by atoms with Crippen LogP contribution in [0.15, 0.2) is 71.6 Å². The van der Waals surface area contributed by atoms with Crippen molar-refractivity contribution in [1.82, 2.24) is 10.2 Å². The zero-order valence-electron chi connectivity index (χ0n) is 24.5. The van der Waals surface area contributed by atoms with Gasteiger partial charge < -0.3 is 15.0 Å². The maximum absolute atomic E-state index is 14.1. The predicted molar refractivity (Wildman–Crippen MR) is 165 cm³/mol. The summed E-state index contributed by atoms with van der Waals surface area (Å²) in [6, 6.07) is 17.9. The van der Waals surface area contributed by atoms with Crippen LogP contribution in [0.4, 0.5) is 5.69 Å². The molecule has 42 heavy (non-hydrogen) atoms. The topological polar surface area (TPSA) is 96.0 Å². The third-order valence-corrected chi connectivity index (χ3v) is 9.96. The van der Waals surface area contributed by atoms with Gasteiger partial charge in [-0.2, -0.15) is 0 Å². The number of ether oxygens (including phenoxy) is 1. The number of nitrogens with one attached hydrogen (secondary N) is 1. The van der Waals surface area contributed by atoms with Crippen molar-refractivity contribution in [3.8, 4) is 5.75 Å². The quantitative estimate of drug-likeness (QED) is 0.303. The number of hydrogen-bond acceptors (Lipinski definition) is 5. The van der Waals surface area contributed by atoms with Gasteiger partial charge in [-0.1, -0.05) is 60.3 Å². The Kier molecular flexibility index (Phi) is 10.2. The van der Waals surface area contributed by atoms with Gasteiger partial charge in [0.2, 0.25) is 11.8 Å². The number of anilines is 1. The number of rotatable bonds is 11. The van der Waals surface area contributed by atoms with Crippen molar-refractivity contribution >= 4 is 39.1 Å². The van der Waals surface area contributed by atoms with Crippen LogP contribution in [-0.4, -0.2) is 50.9 Å². The zero-order valence-corrected chi connectivity index (χ0v) is 26.0. The van der Waals surface area contributed by atoms with E-state index in [1.165, 1.54) is 17.0 Å². The van der Waals surface area contributed by atoms with Crippen LogP contribution >= 0.6 is 11.6 Å². The Labute approximate surface area is 253 Å². The second-order valence-corrected chi connectivity index (χ2v) is 13.0. The van der Waals surface area contributed by atoms with E-state index in [1.807, 2.05) is 19.1 Å². The van der Waals surface area contributed by atoms with Gasteiger partial charge >= 0.3 is 0 Å². The molecule has 0 unspecified atom stereocenters. The van der Waals surface area contributed by atoms with Crippen molar-refractivity contribution in [1.29, 1.82) is 0 Å². The molecule has 3 aromatic rings. The molecule has 1 fully saturated rings. The minimum Gasteiger partial charge on any atom is -0.497 e. The molecule has 0 bridgehead atoms. The standard InChI is InChI=1S/C32H38ClN3O5S/c1-22-12-18-28(19-13-22)42(39,40)36(30-11-7-10-29(33)23(30)2)21-31(37)35(20-25-14-16-27(41-4)17-15-25)24(3)32(38)34-26-8-5-6-9-26/h7,10-19,24,26H,5-6,8-9,20-21H2,1-4H3,(H,34,38)/t24-/m0/s1. The van der Waals surface area contributed by atoms with E-state index in [0.29, 0.717) is 22.0 Å². The fraction of sp³-hybridized carbons (Fsp3) is 0.375. The molecule has 0 saturated heterocycles. The van der Waals surface area contributed by atoms with Crippen LogP contribution in [0.25, 0.3) is 0 Å². The van der Waals surface area contributed by atoms with E-state index in [0.717, 1.165) is 41.1 Å². The highest BCUT2D eigenvalue weighted by atomic mass is 35.5. The number of carbonyl (C=O) groups excluding carboxylic acids is 2. The summed E-state index contributed by atoms with van der Waals surface area (Å²) >= 11 is 6.40. The van der Waals surface area contributed by atoms with Gasteiger partial charge in [0.1, 0.15) is 18.3 Å². The molecule has 0 radical (unpaired) electrons. The number of nitrogens with zero attached hydrogens (tertiary/aromatic N) is 2. The van der Waals surface area contributed by atoms with Crippen LogP contribution in [0.2, 0.25) is 5.02 Å². The normalized spacial score (nSPS) is 14.3. The Morgan fingerprint density at radius 3 is 2.26 bits per heavy atom. The molecule has 1 aliphatic carbocycles. The number of sulfonamides is 1. The van der Waals surface area contributed by atoms with Crippen LogP contribution in [0, 0.1) is 13.8 Å². The first kappa shape index (κ1) is 31.4. The van der Waals surface area contributed by atoms with E-state index in [1.54, 1.807) is 63.4 Å². The molecule has 10 heteroatoms. The van der Waals surface area contributed by atoms with E-state index < -0.39 is 28.5 Å². The van der Waals surface area contributed by atoms with Gasteiger partial charge in [-0.25, -0.2) is 8.42 Å². The van der Waals surface area contributed by atoms with Crippen LogP contribution < -0.4 is 14.4 Å². The average molecular weight is 612 g/mol. The first-order valence-electron chi connectivity index (χ1n) is 14.1. The van der Waals surface area contributed by atoms with Gasteiger partial charge in [0, 0.05) is 17.6 Å². The molecule has 1 saturated carbocycles. The van der Waals surface area contributed by atoms with Crippen LogP contribution in [0.1, 0.15) is 49.3 Å². The van der Waals surface area contributed by atoms with E-state index in [9.17, 15) is 18.0 Å². The van der Waals surface area contributed by atoms with Gasteiger partial charge in [0.25, 0.3) is 10.0 Å². The summed E-state index contributed by atoms with van der Waals surface area (Å²) in [4.78, 5) is 29.0. The Balaban J connectivity index is 1.71. The lowest BCUT2D eigenvalue weighted by Gasteiger charge is -2.33. The highest BCUT2D eigenvalue weighted by Crippen LogP contribution is 2.31. The van der Waals surface area contributed by atoms with Crippen LogP contribution in [-0.2, 0) is 26.2 Å². The fourth-order valence-corrected chi connectivity index (χ4v) is 6.76. The molecule has 8 nitrogen and oxygen atoms in total. The number of amides is 2. The highest BCUT2D eigenvalue weighted by Gasteiger charge is 2.34. The first-order valence-corrected chi connectivity index (χ1v) is 15.9. The second kappa shape index (κ2) is 13.6. The summed E-state index contributed by atoms with van der Waals surface area (Å²) in [5.41, 5.74) is 2.50. The van der Waals surface area contributed by atoms with Gasteiger partial charge in [-0.3, -0.25) is 13.9 Å². The van der Waals surface area contributed by atoms with Crippen molar-refractivity contribution in [2.75, 3.05) is 18.0 Å². The molecule has 224 valence electrons. The summed E-state index contributed by atoms with van der Waals surface area (Å²) in [6.45, 7) is 4.85. The van der Waals surface area contributed by atoms with E-state index in [-0.39, 0.29) is 23.4 Å². The van der Waals surface area contributed by atoms with Crippen molar-refractivity contribution in [2.24, 2.45) is 0 Å².